The number of anilines is 2. The number of amides is 1. The molecule has 4 nitrogen and oxygen atoms in total. The topological polar surface area (TPSA) is 45.2 Å². The number of hydrogen-bond acceptors (Lipinski definition) is 3. The number of nitrogens with zero attached hydrogens (tertiary/aromatic N) is 2. The molecule has 0 aliphatic heterocycles. The molecule has 2 aromatic carbocycles. The number of para-hydroxylation sites is 1. The molecule has 0 saturated heterocycles. The first-order valence-corrected chi connectivity index (χ1v) is 8.36. The number of likely N-dealkylation sites (N-methyl/N-ethyl adjacent to an activating group) is 1. The maximum absolute atomic E-state index is 13.6. The zero-order valence-electron chi connectivity index (χ0n) is 14.5. The summed E-state index contributed by atoms with van der Waals surface area (Å²) < 4.78 is 13.6. The first-order valence-electron chi connectivity index (χ1n) is 8.36. The van der Waals surface area contributed by atoms with Gasteiger partial charge in [-0.05, 0) is 35.9 Å². The van der Waals surface area contributed by atoms with Gasteiger partial charge in [0.2, 0.25) is 5.91 Å². The van der Waals surface area contributed by atoms with E-state index in [2.05, 4.69) is 10.3 Å². The van der Waals surface area contributed by atoms with Crippen LogP contribution in [0.25, 0.3) is 0 Å². The second-order valence-corrected chi connectivity index (χ2v) is 5.98. The molecule has 0 fully saturated rings. The summed E-state index contributed by atoms with van der Waals surface area (Å²) in [5.74, 6) is -0.304. The highest BCUT2D eigenvalue weighted by Crippen LogP contribution is 2.16. The second-order valence-electron chi connectivity index (χ2n) is 5.98. The molecule has 0 saturated carbocycles. The number of benzene rings is 2. The van der Waals surface area contributed by atoms with E-state index >= 15 is 0 Å². The minimum Gasteiger partial charge on any atom is -0.381 e. The molecular weight excluding hydrogens is 329 g/mol. The number of aromatic nitrogens is 1. The Labute approximate surface area is 152 Å². The maximum atomic E-state index is 13.6. The lowest BCUT2D eigenvalue weighted by Crippen LogP contribution is -2.27. The Morgan fingerprint density at radius 3 is 2.50 bits per heavy atom. The number of hydrogen-bond donors (Lipinski definition) is 1. The summed E-state index contributed by atoms with van der Waals surface area (Å²) in [6, 6.07) is 18.8. The van der Waals surface area contributed by atoms with Gasteiger partial charge in [0.1, 0.15) is 5.82 Å². The lowest BCUT2D eigenvalue weighted by Gasteiger charge is -2.17. The third-order valence-corrected chi connectivity index (χ3v) is 4.17. The van der Waals surface area contributed by atoms with Crippen LogP contribution in [0.15, 0.2) is 73.1 Å². The molecule has 1 aromatic heterocycles. The molecule has 132 valence electrons. The van der Waals surface area contributed by atoms with E-state index < -0.39 is 0 Å². The van der Waals surface area contributed by atoms with Gasteiger partial charge >= 0.3 is 0 Å². The molecule has 0 unspecified atom stereocenters. The van der Waals surface area contributed by atoms with Crippen molar-refractivity contribution >= 4 is 17.3 Å². The third kappa shape index (κ3) is 4.45. The predicted octanol–water partition coefficient (Wildman–Crippen LogP) is 4.04. The molecule has 3 aromatic rings. The van der Waals surface area contributed by atoms with Crippen LogP contribution in [0, 0.1) is 5.82 Å². The summed E-state index contributed by atoms with van der Waals surface area (Å²) in [5.41, 5.74) is 3.23. The second kappa shape index (κ2) is 8.25. The van der Waals surface area contributed by atoms with Gasteiger partial charge in [-0.1, -0.05) is 30.3 Å². The van der Waals surface area contributed by atoms with Crippen LogP contribution < -0.4 is 10.2 Å². The minimum atomic E-state index is -0.328. The molecule has 0 aliphatic rings. The number of halogens is 1. The van der Waals surface area contributed by atoms with Crippen molar-refractivity contribution in [3.05, 3.63) is 90.0 Å². The summed E-state index contributed by atoms with van der Waals surface area (Å²) in [6.45, 7) is 0.378. The normalized spacial score (nSPS) is 10.4. The van der Waals surface area contributed by atoms with Crippen LogP contribution in [0.5, 0.6) is 0 Å². The Morgan fingerprint density at radius 1 is 1.08 bits per heavy atom. The fraction of sp³-hybridized carbons (Fsp3) is 0.143. The third-order valence-electron chi connectivity index (χ3n) is 4.17. The van der Waals surface area contributed by atoms with E-state index in [1.807, 2.05) is 54.6 Å². The first kappa shape index (κ1) is 17.6. The van der Waals surface area contributed by atoms with Gasteiger partial charge in [0, 0.05) is 36.7 Å². The zero-order valence-corrected chi connectivity index (χ0v) is 14.5. The van der Waals surface area contributed by atoms with Crippen LogP contribution in [-0.2, 0) is 17.8 Å². The molecule has 26 heavy (non-hydrogen) atoms. The van der Waals surface area contributed by atoms with E-state index in [9.17, 15) is 9.18 Å². The van der Waals surface area contributed by atoms with E-state index in [-0.39, 0.29) is 11.7 Å². The minimum absolute atomic E-state index is 0.0239. The van der Waals surface area contributed by atoms with E-state index in [0.717, 1.165) is 16.9 Å². The molecule has 0 atom stereocenters. The molecule has 5 heteroatoms. The van der Waals surface area contributed by atoms with Crippen LogP contribution in [0.4, 0.5) is 15.8 Å². The fourth-order valence-electron chi connectivity index (χ4n) is 2.57. The molecule has 1 amide bonds. The highest BCUT2D eigenvalue weighted by atomic mass is 19.1. The van der Waals surface area contributed by atoms with Crippen molar-refractivity contribution in [3.8, 4) is 0 Å². The zero-order chi connectivity index (χ0) is 18.4. The summed E-state index contributed by atoms with van der Waals surface area (Å²) in [4.78, 5) is 17.8. The Balaban J connectivity index is 1.57. The molecule has 1 N–H and O–H groups in total. The lowest BCUT2D eigenvalue weighted by molar-refractivity contribution is -0.117. The van der Waals surface area contributed by atoms with Crippen molar-refractivity contribution in [1.29, 1.82) is 0 Å². The van der Waals surface area contributed by atoms with Gasteiger partial charge < -0.3 is 10.2 Å². The van der Waals surface area contributed by atoms with E-state index in [1.54, 1.807) is 24.2 Å². The van der Waals surface area contributed by atoms with Crippen LogP contribution in [-0.4, -0.2) is 17.9 Å². The summed E-state index contributed by atoms with van der Waals surface area (Å²) in [6.07, 6.45) is 3.09. The number of carbonyl (C=O) groups excluding carboxylic acids is 1. The molecule has 0 spiro atoms. The maximum Gasteiger partial charge on any atom is 0.231 e. The Morgan fingerprint density at radius 2 is 1.81 bits per heavy atom. The number of carbonyl (C=O) groups is 1. The van der Waals surface area contributed by atoms with Gasteiger partial charge in [-0.15, -0.1) is 0 Å². The number of pyridine rings is 1. The molecule has 0 bridgehead atoms. The number of nitrogens with one attached hydrogen (secondary N) is 1. The van der Waals surface area contributed by atoms with Crippen molar-refractivity contribution in [3.63, 3.8) is 0 Å². The van der Waals surface area contributed by atoms with E-state index in [1.165, 1.54) is 6.20 Å². The van der Waals surface area contributed by atoms with Crippen molar-refractivity contribution in [2.24, 2.45) is 0 Å². The highest BCUT2D eigenvalue weighted by molar-refractivity contribution is 5.94. The Kier molecular flexibility index (Phi) is 5.59. The van der Waals surface area contributed by atoms with Gasteiger partial charge in [0.15, 0.2) is 0 Å². The summed E-state index contributed by atoms with van der Waals surface area (Å²) >= 11 is 0. The average Bonchev–Trinajstić information content (AvgIpc) is 2.68. The summed E-state index contributed by atoms with van der Waals surface area (Å²) in [5, 5.41) is 3.17. The van der Waals surface area contributed by atoms with Crippen LogP contribution in [0.1, 0.15) is 11.1 Å². The summed E-state index contributed by atoms with van der Waals surface area (Å²) in [7, 11) is 1.77. The van der Waals surface area contributed by atoms with E-state index in [0.29, 0.717) is 18.5 Å². The lowest BCUT2D eigenvalue weighted by atomic mass is 10.1. The van der Waals surface area contributed by atoms with Crippen LogP contribution >= 0.6 is 0 Å². The predicted molar refractivity (Wildman–Crippen MR) is 102 cm³/mol. The molecular formula is C21H20FN3O. The van der Waals surface area contributed by atoms with Gasteiger partial charge in [0.05, 0.1) is 12.6 Å². The standard InChI is InChI=1S/C21H20FN3O/c1-25(19-5-3-2-4-6-19)21(26)13-16-7-9-18(10-8-16)24-14-17-11-12-23-15-20(17)22/h2-12,15,24H,13-14H2,1H3. The van der Waals surface area contributed by atoms with Crippen molar-refractivity contribution < 1.29 is 9.18 Å². The monoisotopic (exact) mass is 349 g/mol. The van der Waals surface area contributed by atoms with Gasteiger partial charge in [-0.2, -0.15) is 0 Å². The van der Waals surface area contributed by atoms with Crippen molar-refractivity contribution in [1.82, 2.24) is 4.98 Å². The van der Waals surface area contributed by atoms with Gasteiger partial charge in [0.25, 0.3) is 0 Å². The molecule has 1 heterocycles. The van der Waals surface area contributed by atoms with Crippen LogP contribution in [0.3, 0.4) is 0 Å². The van der Waals surface area contributed by atoms with Gasteiger partial charge in [-0.25, -0.2) is 4.39 Å². The van der Waals surface area contributed by atoms with Crippen LogP contribution in [0.2, 0.25) is 0 Å². The Bertz CT molecular complexity index is 866. The molecule has 0 aliphatic carbocycles. The SMILES string of the molecule is CN(C(=O)Cc1ccc(NCc2ccncc2F)cc1)c1ccccc1. The average molecular weight is 349 g/mol. The molecule has 3 rings (SSSR count). The Hall–Kier alpha value is -3.21. The van der Waals surface area contributed by atoms with Gasteiger partial charge in [-0.3, -0.25) is 9.78 Å². The quantitative estimate of drug-likeness (QED) is 0.730. The molecule has 0 radical (unpaired) electrons. The fourth-order valence-corrected chi connectivity index (χ4v) is 2.57. The van der Waals surface area contributed by atoms with Crippen molar-refractivity contribution in [2.45, 2.75) is 13.0 Å². The highest BCUT2D eigenvalue weighted by Gasteiger charge is 2.11. The largest absolute Gasteiger partial charge is 0.381 e. The number of rotatable bonds is 6. The van der Waals surface area contributed by atoms with E-state index in [4.69, 9.17) is 0 Å². The van der Waals surface area contributed by atoms with Crippen molar-refractivity contribution in [2.75, 3.05) is 17.3 Å². The first-order chi connectivity index (χ1) is 12.6. The smallest absolute Gasteiger partial charge is 0.231 e.